The lowest BCUT2D eigenvalue weighted by molar-refractivity contribution is -0.146. The zero-order chi connectivity index (χ0) is 18.0. The minimum atomic E-state index is -0.856. The van der Waals surface area contributed by atoms with Gasteiger partial charge in [-0.15, -0.1) is 0 Å². The van der Waals surface area contributed by atoms with E-state index in [9.17, 15) is 13.6 Å². The van der Waals surface area contributed by atoms with Crippen molar-refractivity contribution in [1.82, 2.24) is 9.80 Å². The highest BCUT2D eigenvalue weighted by Gasteiger charge is 2.48. The maximum atomic E-state index is 14.0. The number of halogens is 2. The highest BCUT2D eigenvalue weighted by molar-refractivity contribution is 5.84. The molecule has 1 aromatic carbocycles. The molecule has 0 radical (unpaired) electrons. The predicted octanol–water partition coefficient (Wildman–Crippen LogP) is 3.75. The summed E-state index contributed by atoms with van der Waals surface area (Å²) in [5, 5.41) is 0. The summed E-state index contributed by atoms with van der Waals surface area (Å²) in [6.07, 6.45) is 4.76. The van der Waals surface area contributed by atoms with Crippen LogP contribution in [-0.4, -0.2) is 41.9 Å². The summed E-state index contributed by atoms with van der Waals surface area (Å²) in [6.45, 7) is 7.47. The molecule has 1 unspecified atom stereocenters. The molecule has 136 valence electrons. The van der Waals surface area contributed by atoms with Crippen molar-refractivity contribution in [2.24, 2.45) is 5.41 Å². The Morgan fingerprint density at radius 1 is 1.28 bits per heavy atom. The monoisotopic (exact) mass is 348 g/mol. The van der Waals surface area contributed by atoms with Crippen LogP contribution in [0.2, 0.25) is 0 Å². The van der Waals surface area contributed by atoms with Crippen LogP contribution in [0.5, 0.6) is 0 Å². The molecule has 5 heteroatoms. The molecule has 2 aliphatic heterocycles. The highest BCUT2D eigenvalue weighted by atomic mass is 19.2. The number of hydrogen-bond donors (Lipinski definition) is 0. The third-order valence-corrected chi connectivity index (χ3v) is 5.62. The Kier molecular flexibility index (Phi) is 5.23. The lowest BCUT2D eigenvalue weighted by Crippen LogP contribution is -2.49. The van der Waals surface area contributed by atoms with Crippen LogP contribution in [0.3, 0.4) is 0 Å². The molecule has 1 atom stereocenters. The fraction of sp³-hybridized carbons (Fsp3) is 0.550. The first kappa shape index (κ1) is 18.1. The molecule has 0 bridgehead atoms. The van der Waals surface area contributed by atoms with E-state index in [1.165, 1.54) is 11.6 Å². The molecule has 3 nitrogen and oxygen atoms in total. The third kappa shape index (κ3) is 3.61. The van der Waals surface area contributed by atoms with Crippen molar-refractivity contribution < 1.29 is 13.6 Å². The topological polar surface area (TPSA) is 23.6 Å². The molecule has 2 heterocycles. The fourth-order valence-electron chi connectivity index (χ4n) is 4.10. The van der Waals surface area contributed by atoms with Gasteiger partial charge in [0.2, 0.25) is 5.91 Å². The molecule has 3 rings (SSSR count). The summed E-state index contributed by atoms with van der Waals surface area (Å²) in [4.78, 5) is 17.2. The van der Waals surface area contributed by atoms with Crippen LogP contribution in [0.15, 0.2) is 29.8 Å². The van der Waals surface area contributed by atoms with Crippen molar-refractivity contribution in [2.45, 2.75) is 39.7 Å². The van der Waals surface area contributed by atoms with Gasteiger partial charge in [0.05, 0.1) is 5.41 Å². The van der Waals surface area contributed by atoms with Gasteiger partial charge in [0.1, 0.15) is 0 Å². The Balaban J connectivity index is 1.72. The third-order valence-electron chi connectivity index (χ3n) is 5.62. The van der Waals surface area contributed by atoms with Crippen molar-refractivity contribution in [3.8, 4) is 0 Å². The number of rotatable bonds is 4. The van der Waals surface area contributed by atoms with Gasteiger partial charge < -0.3 is 4.90 Å². The maximum Gasteiger partial charge on any atom is 0.230 e. The first-order valence-corrected chi connectivity index (χ1v) is 9.01. The van der Waals surface area contributed by atoms with Gasteiger partial charge in [0, 0.05) is 31.7 Å². The Morgan fingerprint density at radius 2 is 2.08 bits per heavy atom. The van der Waals surface area contributed by atoms with Crippen LogP contribution in [0, 0.1) is 17.0 Å². The first-order valence-electron chi connectivity index (χ1n) is 9.01. The van der Waals surface area contributed by atoms with Gasteiger partial charge in [-0.2, -0.15) is 0 Å². The van der Waals surface area contributed by atoms with Gasteiger partial charge in [-0.05, 0) is 45.7 Å². The van der Waals surface area contributed by atoms with Gasteiger partial charge in [-0.1, -0.05) is 23.8 Å². The van der Waals surface area contributed by atoms with Crippen molar-refractivity contribution in [1.29, 1.82) is 0 Å². The second-order valence-corrected chi connectivity index (χ2v) is 7.42. The largest absolute Gasteiger partial charge is 0.338 e. The number of likely N-dealkylation sites (tertiary alicyclic amines) is 2. The minimum Gasteiger partial charge on any atom is -0.338 e. The Morgan fingerprint density at radius 3 is 2.84 bits per heavy atom. The molecule has 25 heavy (non-hydrogen) atoms. The molecular weight excluding hydrogens is 322 g/mol. The van der Waals surface area contributed by atoms with Crippen LogP contribution in [-0.2, 0) is 11.3 Å². The number of piperidine rings is 1. The number of benzene rings is 1. The van der Waals surface area contributed by atoms with E-state index in [0.717, 1.165) is 45.0 Å². The molecule has 2 saturated heterocycles. The quantitative estimate of drug-likeness (QED) is 0.774. The zero-order valence-electron chi connectivity index (χ0n) is 15.0. The Hall–Kier alpha value is -1.75. The van der Waals surface area contributed by atoms with E-state index in [2.05, 4.69) is 17.9 Å². The highest BCUT2D eigenvalue weighted by Crippen LogP contribution is 2.40. The van der Waals surface area contributed by atoms with Gasteiger partial charge >= 0.3 is 0 Å². The molecule has 0 aliphatic carbocycles. The molecular formula is C20H26F2N2O. The summed E-state index contributed by atoms with van der Waals surface area (Å²) in [5.41, 5.74) is 1.21. The molecule has 1 spiro atoms. The lowest BCUT2D eigenvalue weighted by Gasteiger charge is -2.39. The predicted molar refractivity (Wildman–Crippen MR) is 93.9 cm³/mol. The van der Waals surface area contributed by atoms with E-state index in [4.69, 9.17) is 0 Å². The summed E-state index contributed by atoms with van der Waals surface area (Å²) < 4.78 is 27.4. The van der Waals surface area contributed by atoms with E-state index < -0.39 is 11.6 Å². The van der Waals surface area contributed by atoms with Crippen molar-refractivity contribution in [3.05, 3.63) is 47.0 Å². The first-order chi connectivity index (χ1) is 11.9. The average Bonchev–Trinajstić information content (AvgIpc) is 2.99. The van der Waals surface area contributed by atoms with E-state index >= 15 is 0 Å². The molecule has 0 N–H and O–H groups in total. The zero-order valence-corrected chi connectivity index (χ0v) is 15.0. The summed E-state index contributed by atoms with van der Waals surface area (Å²) >= 11 is 0. The van der Waals surface area contributed by atoms with E-state index in [1.54, 1.807) is 11.0 Å². The molecule has 0 aromatic heterocycles. The standard InChI is InChI=1S/C20H26F2N2O/c1-3-15(2)12-23-11-9-20(14-23)8-5-10-24(19(20)25)13-16-6-4-7-17(21)18(16)22/h3-4,6-7H,5,8-14H2,1-2H3/b15-3+. The van der Waals surface area contributed by atoms with Crippen LogP contribution in [0.4, 0.5) is 8.78 Å². The van der Waals surface area contributed by atoms with Gasteiger partial charge in [0.15, 0.2) is 11.6 Å². The number of amides is 1. The van der Waals surface area contributed by atoms with Crippen molar-refractivity contribution in [3.63, 3.8) is 0 Å². The number of hydrogen-bond acceptors (Lipinski definition) is 2. The van der Waals surface area contributed by atoms with Crippen molar-refractivity contribution >= 4 is 5.91 Å². The van der Waals surface area contributed by atoms with Gasteiger partial charge in [-0.25, -0.2) is 8.78 Å². The number of carbonyl (C=O) groups is 1. The second-order valence-electron chi connectivity index (χ2n) is 7.42. The van der Waals surface area contributed by atoms with Gasteiger partial charge in [0.25, 0.3) is 0 Å². The van der Waals surface area contributed by atoms with Crippen LogP contribution < -0.4 is 0 Å². The minimum absolute atomic E-state index is 0.100. The smallest absolute Gasteiger partial charge is 0.230 e. The molecule has 2 aliphatic rings. The molecule has 2 fully saturated rings. The fourth-order valence-corrected chi connectivity index (χ4v) is 4.10. The van der Waals surface area contributed by atoms with Gasteiger partial charge in [-0.3, -0.25) is 9.69 Å². The summed E-state index contributed by atoms with van der Waals surface area (Å²) in [6, 6.07) is 4.16. The Labute approximate surface area is 148 Å². The average molecular weight is 348 g/mol. The number of allylic oxidation sites excluding steroid dienone is 1. The molecule has 0 saturated carbocycles. The van der Waals surface area contributed by atoms with Crippen LogP contribution in [0.1, 0.15) is 38.7 Å². The molecule has 1 aromatic rings. The normalized spacial score (nSPS) is 25.2. The maximum absolute atomic E-state index is 14.0. The van der Waals surface area contributed by atoms with Crippen LogP contribution >= 0.6 is 0 Å². The van der Waals surface area contributed by atoms with E-state index in [1.807, 2.05) is 6.92 Å². The van der Waals surface area contributed by atoms with E-state index in [0.29, 0.717) is 6.54 Å². The van der Waals surface area contributed by atoms with Crippen molar-refractivity contribution in [2.75, 3.05) is 26.2 Å². The molecule has 1 amide bonds. The summed E-state index contributed by atoms with van der Waals surface area (Å²) in [5.74, 6) is -1.60. The van der Waals surface area contributed by atoms with E-state index in [-0.39, 0.29) is 23.4 Å². The lowest BCUT2D eigenvalue weighted by atomic mass is 9.78. The SMILES string of the molecule is C/C=C(\C)CN1CCC2(CCCN(Cc3cccc(F)c3F)C2=O)C1. The summed E-state index contributed by atoms with van der Waals surface area (Å²) in [7, 11) is 0. The Bertz CT molecular complexity index is 688. The second kappa shape index (κ2) is 7.24. The van der Waals surface area contributed by atoms with Crippen LogP contribution in [0.25, 0.3) is 0 Å². The number of nitrogens with zero attached hydrogens (tertiary/aromatic N) is 2. The number of carbonyl (C=O) groups excluding carboxylic acids is 1.